The Bertz CT molecular complexity index is 2810. The Morgan fingerprint density at radius 2 is 0.655 bits per heavy atom. The summed E-state index contributed by atoms with van der Waals surface area (Å²) in [5, 5.41) is 0. The van der Waals surface area contributed by atoms with Crippen LogP contribution in [0.25, 0.3) is 78.4 Å². The predicted octanol–water partition coefficient (Wildman–Crippen LogP) is 13.2. The number of benzene rings is 8. The van der Waals surface area contributed by atoms with Crippen molar-refractivity contribution in [1.29, 1.82) is 0 Å². The molecule has 8 aromatic carbocycles. The maximum atomic E-state index is 5.07. The Morgan fingerprint density at radius 3 is 1.20 bits per heavy atom. The summed E-state index contributed by atoms with van der Waals surface area (Å²) in [4.78, 5) is 10.1. The molecule has 55 heavy (non-hydrogen) atoms. The van der Waals surface area contributed by atoms with Crippen LogP contribution in [0, 0.1) is 0 Å². The predicted molar refractivity (Wildman–Crippen MR) is 226 cm³/mol. The van der Waals surface area contributed by atoms with E-state index < -0.39 is 0 Å². The lowest BCUT2D eigenvalue weighted by Crippen LogP contribution is -2.25. The summed E-state index contributed by atoms with van der Waals surface area (Å²) in [6.07, 6.45) is 0. The number of fused-ring (bicyclic) bond motifs is 10. The lowest BCUT2D eigenvalue weighted by molar-refractivity contribution is 0.794. The van der Waals surface area contributed by atoms with Gasteiger partial charge < -0.3 is 0 Å². The molecule has 1 heterocycles. The Hall–Kier alpha value is -7.16. The molecule has 9 aromatic rings. The van der Waals surface area contributed by atoms with Crippen LogP contribution < -0.4 is 0 Å². The van der Waals surface area contributed by atoms with Gasteiger partial charge in [-0.2, -0.15) is 0 Å². The van der Waals surface area contributed by atoms with Crippen LogP contribution in [0.4, 0.5) is 0 Å². The van der Waals surface area contributed by atoms with Gasteiger partial charge in [0.25, 0.3) is 0 Å². The lowest BCUT2D eigenvalue weighted by atomic mass is 9.70. The molecule has 0 radical (unpaired) electrons. The summed E-state index contributed by atoms with van der Waals surface area (Å²) in [6.45, 7) is 0. The van der Waals surface area contributed by atoms with Gasteiger partial charge >= 0.3 is 0 Å². The van der Waals surface area contributed by atoms with E-state index in [0.29, 0.717) is 5.82 Å². The van der Waals surface area contributed by atoms with Crippen LogP contribution in [0.3, 0.4) is 0 Å². The molecule has 2 aliphatic carbocycles. The summed E-state index contributed by atoms with van der Waals surface area (Å²) in [7, 11) is 0. The van der Waals surface area contributed by atoms with Crippen LogP contribution in [-0.4, -0.2) is 9.97 Å². The second kappa shape index (κ2) is 12.5. The first-order chi connectivity index (χ1) is 27.3. The van der Waals surface area contributed by atoms with E-state index in [9.17, 15) is 0 Å². The highest BCUT2D eigenvalue weighted by Gasteiger charge is 2.51. The molecule has 0 unspecified atom stereocenters. The molecule has 1 spiro atoms. The van der Waals surface area contributed by atoms with E-state index in [-0.39, 0.29) is 5.41 Å². The Balaban J connectivity index is 0.966. The van der Waals surface area contributed by atoms with Gasteiger partial charge in [0.05, 0.1) is 16.8 Å². The molecule has 0 fully saturated rings. The monoisotopic (exact) mass is 698 g/mol. The summed E-state index contributed by atoms with van der Waals surface area (Å²) in [5.74, 6) is 0.711. The molecule has 0 atom stereocenters. The average Bonchev–Trinajstić information content (AvgIpc) is 3.74. The van der Waals surface area contributed by atoms with E-state index in [1.54, 1.807) is 0 Å². The fourth-order valence-electron chi connectivity index (χ4n) is 9.06. The van der Waals surface area contributed by atoms with Gasteiger partial charge in [-0.1, -0.05) is 188 Å². The molecule has 2 aliphatic rings. The zero-order valence-corrected chi connectivity index (χ0v) is 30.0. The van der Waals surface area contributed by atoms with E-state index in [1.807, 2.05) is 12.1 Å². The first-order valence-electron chi connectivity index (χ1n) is 18.9. The van der Waals surface area contributed by atoms with Gasteiger partial charge in [0.1, 0.15) is 0 Å². The molecule has 0 bridgehead atoms. The highest BCUT2D eigenvalue weighted by atomic mass is 14.9. The first-order valence-corrected chi connectivity index (χ1v) is 18.9. The number of rotatable bonds is 5. The minimum atomic E-state index is -0.321. The molecule has 0 saturated heterocycles. The van der Waals surface area contributed by atoms with Crippen LogP contribution in [0.15, 0.2) is 206 Å². The van der Waals surface area contributed by atoms with Gasteiger partial charge in [0.2, 0.25) is 0 Å². The fraction of sp³-hybridized carbons (Fsp3) is 0.0189. The van der Waals surface area contributed by atoms with Crippen LogP contribution in [0.1, 0.15) is 22.3 Å². The Kier molecular flexibility index (Phi) is 7.11. The standard InChI is InChI=1S/C53H34N2/c1-3-14-37(15-4-1)50-34-51(38-16-5-2-6-17-38)55-52(54-50)41-19-13-18-39(32-41)35-26-28-36(29-27-35)40-30-31-49-45(33-40)44-22-9-12-25-48(44)53(49)46-23-10-7-20-42(46)43-21-8-11-24-47(43)53/h1-34H. The molecular weight excluding hydrogens is 665 g/mol. The third-order valence-corrected chi connectivity index (χ3v) is 11.5. The number of hydrogen-bond acceptors (Lipinski definition) is 2. The maximum Gasteiger partial charge on any atom is 0.160 e. The van der Waals surface area contributed by atoms with Crippen molar-refractivity contribution >= 4 is 0 Å². The van der Waals surface area contributed by atoms with Crippen LogP contribution in [0.2, 0.25) is 0 Å². The smallest absolute Gasteiger partial charge is 0.160 e. The van der Waals surface area contributed by atoms with E-state index in [0.717, 1.165) is 39.2 Å². The average molecular weight is 699 g/mol. The summed E-state index contributed by atoms with van der Waals surface area (Å²) >= 11 is 0. The number of nitrogens with zero attached hydrogens (tertiary/aromatic N) is 2. The van der Waals surface area contributed by atoms with Crippen molar-refractivity contribution in [2.45, 2.75) is 5.41 Å². The number of hydrogen-bond donors (Lipinski definition) is 0. The third-order valence-electron chi connectivity index (χ3n) is 11.5. The summed E-state index contributed by atoms with van der Waals surface area (Å²) in [5.41, 5.74) is 20.0. The fourth-order valence-corrected chi connectivity index (χ4v) is 9.06. The van der Waals surface area contributed by atoms with E-state index >= 15 is 0 Å². The van der Waals surface area contributed by atoms with Crippen molar-refractivity contribution in [3.05, 3.63) is 229 Å². The zero-order chi connectivity index (χ0) is 36.3. The quantitative estimate of drug-likeness (QED) is 0.179. The van der Waals surface area contributed by atoms with Gasteiger partial charge in [0.15, 0.2) is 5.82 Å². The lowest BCUT2D eigenvalue weighted by Gasteiger charge is -2.30. The minimum Gasteiger partial charge on any atom is -0.228 e. The van der Waals surface area contributed by atoms with Crippen molar-refractivity contribution in [3.63, 3.8) is 0 Å². The van der Waals surface area contributed by atoms with Gasteiger partial charge in [-0.25, -0.2) is 9.97 Å². The SMILES string of the molecule is c1ccc(-c2cc(-c3ccccc3)nc(-c3cccc(-c4ccc(-c5ccc6c(c5)-c5ccccc5C65c6ccccc6-c6ccccc65)cc4)c3)n2)cc1. The largest absolute Gasteiger partial charge is 0.228 e. The van der Waals surface area contributed by atoms with Crippen molar-refractivity contribution in [2.75, 3.05) is 0 Å². The Morgan fingerprint density at radius 1 is 0.255 bits per heavy atom. The molecule has 2 heteroatoms. The molecule has 11 rings (SSSR count). The second-order valence-electron chi connectivity index (χ2n) is 14.5. The normalized spacial score (nSPS) is 12.9. The molecule has 0 amide bonds. The molecule has 256 valence electrons. The maximum absolute atomic E-state index is 5.07. The van der Waals surface area contributed by atoms with E-state index in [4.69, 9.17) is 9.97 Å². The van der Waals surface area contributed by atoms with Gasteiger partial charge in [-0.05, 0) is 85.0 Å². The first kappa shape index (κ1) is 31.4. The molecule has 0 saturated carbocycles. The highest BCUT2D eigenvalue weighted by molar-refractivity contribution is 5.96. The van der Waals surface area contributed by atoms with Crippen LogP contribution in [0.5, 0.6) is 0 Å². The van der Waals surface area contributed by atoms with E-state index in [2.05, 4.69) is 194 Å². The molecule has 2 nitrogen and oxygen atoms in total. The van der Waals surface area contributed by atoms with Crippen LogP contribution >= 0.6 is 0 Å². The van der Waals surface area contributed by atoms with Crippen LogP contribution in [-0.2, 0) is 5.41 Å². The minimum absolute atomic E-state index is 0.321. The van der Waals surface area contributed by atoms with Crippen molar-refractivity contribution in [2.24, 2.45) is 0 Å². The zero-order valence-electron chi connectivity index (χ0n) is 30.0. The molecular formula is C53H34N2. The van der Waals surface area contributed by atoms with Gasteiger partial charge in [-0.3, -0.25) is 0 Å². The number of aromatic nitrogens is 2. The van der Waals surface area contributed by atoms with E-state index in [1.165, 1.54) is 55.6 Å². The van der Waals surface area contributed by atoms with Gasteiger partial charge in [0, 0.05) is 16.7 Å². The summed E-state index contributed by atoms with van der Waals surface area (Å²) in [6, 6.07) is 74.4. The van der Waals surface area contributed by atoms with Gasteiger partial charge in [-0.15, -0.1) is 0 Å². The highest BCUT2D eigenvalue weighted by Crippen LogP contribution is 2.62. The second-order valence-corrected chi connectivity index (χ2v) is 14.5. The molecule has 0 aliphatic heterocycles. The van der Waals surface area contributed by atoms with Crippen molar-refractivity contribution in [1.82, 2.24) is 9.97 Å². The van der Waals surface area contributed by atoms with Crippen molar-refractivity contribution in [3.8, 4) is 78.4 Å². The molecule has 1 aromatic heterocycles. The topological polar surface area (TPSA) is 25.8 Å². The third kappa shape index (κ3) is 4.89. The molecule has 0 N–H and O–H groups in total. The summed E-state index contributed by atoms with van der Waals surface area (Å²) < 4.78 is 0. The van der Waals surface area contributed by atoms with Crippen molar-refractivity contribution < 1.29 is 0 Å². The Labute approximate surface area is 321 Å².